The van der Waals surface area contributed by atoms with Gasteiger partial charge in [-0.3, -0.25) is 9.59 Å². The third-order valence-electron chi connectivity index (χ3n) is 2.72. The van der Waals surface area contributed by atoms with Crippen LogP contribution in [-0.4, -0.2) is 41.4 Å². The summed E-state index contributed by atoms with van der Waals surface area (Å²) >= 11 is 0. The van der Waals surface area contributed by atoms with Gasteiger partial charge in [0.2, 0.25) is 11.8 Å². The van der Waals surface area contributed by atoms with Crippen molar-refractivity contribution in [3.63, 3.8) is 0 Å². The van der Waals surface area contributed by atoms with Crippen LogP contribution in [0.3, 0.4) is 0 Å². The molecule has 0 saturated carbocycles. The third-order valence-corrected chi connectivity index (χ3v) is 2.72. The highest BCUT2D eigenvalue weighted by Crippen LogP contribution is 2.09. The van der Waals surface area contributed by atoms with Crippen LogP contribution in [0.5, 0.6) is 0 Å². The number of likely N-dealkylation sites (tertiary alicyclic amines) is 1. The molecule has 0 spiro atoms. The molecule has 0 aromatic carbocycles. The molecular weight excluding hydrogens is 206 g/mol. The zero-order valence-electron chi connectivity index (χ0n) is 10.2. The second-order valence-corrected chi connectivity index (χ2v) is 4.95. The number of amides is 2. The Morgan fingerprint density at radius 1 is 1.31 bits per heavy atom. The molecule has 1 aliphatic rings. The van der Waals surface area contributed by atoms with Crippen molar-refractivity contribution >= 4 is 11.8 Å². The van der Waals surface area contributed by atoms with E-state index in [1.165, 1.54) is 0 Å². The van der Waals surface area contributed by atoms with Gasteiger partial charge in [-0.2, -0.15) is 0 Å². The quantitative estimate of drug-likeness (QED) is 0.704. The lowest BCUT2D eigenvalue weighted by Gasteiger charge is -2.24. The number of carbonyl (C=O) groups excluding carboxylic acids is 2. The van der Waals surface area contributed by atoms with Crippen molar-refractivity contribution < 1.29 is 9.59 Å². The molecule has 1 unspecified atom stereocenters. The van der Waals surface area contributed by atoms with Gasteiger partial charge in [0.15, 0.2) is 0 Å². The summed E-state index contributed by atoms with van der Waals surface area (Å²) in [5.41, 5.74) is 4.70. The van der Waals surface area contributed by atoms with Crippen LogP contribution in [0.4, 0.5) is 0 Å². The summed E-state index contributed by atoms with van der Waals surface area (Å²) in [6, 6.07) is -0.492. The first-order valence-corrected chi connectivity index (χ1v) is 5.71. The fraction of sp³-hybridized carbons (Fsp3) is 0.818. The van der Waals surface area contributed by atoms with Crippen LogP contribution in [0.25, 0.3) is 0 Å². The molecule has 16 heavy (non-hydrogen) atoms. The molecule has 5 nitrogen and oxygen atoms in total. The molecule has 1 heterocycles. The Labute approximate surface area is 96.4 Å². The number of carbonyl (C=O) groups is 2. The van der Waals surface area contributed by atoms with Crippen molar-refractivity contribution in [1.82, 2.24) is 10.2 Å². The number of rotatable bonds is 3. The van der Waals surface area contributed by atoms with E-state index < -0.39 is 11.6 Å². The monoisotopic (exact) mass is 227 g/mol. The van der Waals surface area contributed by atoms with E-state index in [0.29, 0.717) is 0 Å². The van der Waals surface area contributed by atoms with Gasteiger partial charge in [0, 0.05) is 13.1 Å². The summed E-state index contributed by atoms with van der Waals surface area (Å²) in [4.78, 5) is 25.3. The maximum absolute atomic E-state index is 11.9. The summed E-state index contributed by atoms with van der Waals surface area (Å²) in [5.74, 6) is -0.317. The summed E-state index contributed by atoms with van der Waals surface area (Å²) < 4.78 is 0. The highest BCUT2D eigenvalue weighted by atomic mass is 16.2. The maximum atomic E-state index is 11.9. The van der Waals surface area contributed by atoms with Crippen molar-refractivity contribution in [1.29, 1.82) is 0 Å². The van der Waals surface area contributed by atoms with Gasteiger partial charge in [-0.1, -0.05) is 0 Å². The molecule has 5 heteroatoms. The van der Waals surface area contributed by atoms with E-state index in [2.05, 4.69) is 5.32 Å². The van der Waals surface area contributed by atoms with Crippen LogP contribution in [0, 0.1) is 0 Å². The van der Waals surface area contributed by atoms with Crippen LogP contribution in [0.1, 0.15) is 33.6 Å². The fourth-order valence-electron chi connectivity index (χ4n) is 1.66. The van der Waals surface area contributed by atoms with E-state index in [0.717, 1.165) is 25.9 Å². The Hall–Kier alpha value is -1.10. The van der Waals surface area contributed by atoms with E-state index in [9.17, 15) is 9.59 Å². The first-order chi connectivity index (χ1) is 7.32. The predicted octanol–water partition coefficient (Wildman–Crippen LogP) is -0.149. The zero-order valence-corrected chi connectivity index (χ0v) is 10.2. The molecule has 0 aromatic rings. The standard InChI is InChI=1S/C11H21N3O2/c1-8(13-10(16)11(2,3)12)9(15)14-6-4-5-7-14/h8H,4-7,12H2,1-3H3,(H,13,16). The smallest absolute Gasteiger partial charge is 0.244 e. The molecule has 0 aliphatic carbocycles. The molecule has 1 rings (SSSR count). The second-order valence-electron chi connectivity index (χ2n) is 4.95. The molecule has 0 radical (unpaired) electrons. The van der Waals surface area contributed by atoms with Gasteiger partial charge in [0.25, 0.3) is 0 Å². The van der Waals surface area contributed by atoms with Gasteiger partial charge in [-0.05, 0) is 33.6 Å². The van der Waals surface area contributed by atoms with Crippen molar-refractivity contribution in [2.75, 3.05) is 13.1 Å². The summed E-state index contributed by atoms with van der Waals surface area (Å²) in [6.45, 7) is 6.53. The van der Waals surface area contributed by atoms with Gasteiger partial charge < -0.3 is 16.0 Å². The van der Waals surface area contributed by atoms with Crippen LogP contribution < -0.4 is 11.1 Å². The normalized spacial score (nSPS) is 18.4. The minimum atomic E-state index is -0.945. The first-order valence-electron chi connectivity index (χ1n) is 5.71. The molecule has 1 fully saturated rings. The average molecular weight is 227 g/mol. The van der Waals surface area contributed by atoms with Crippen LogP contribution in [-0.2, 0) is 9.59 Å². The van der Waals surface area contributed by atoms with Gasteiger partial charge >= 0.3 is 0 Å². The maximum Gasteiger partial charge on any atom is 0.244 e. The predicted molar refractivity (Wildman–Crippen MR) is 61.7 cm³/mol. The number of nitrogens with zero attached hydrogens (tertiary/aromatic N) is 1. The summed E-state index contributed by atoms with van der Waals surface area (Å²) in [7, 11) is 0. The number of nitrogens with one attached hydrogen (secondary N) is 1. The van der Waals surface area contributed by atoms with E-state index in [1.54, 1.807) is 25.7 Å². The highest BCUT2D eigenvalue weighted by molar-refractivity contribution is 5.91. The topological polar surface area (TPSA) is 75.4 Å². The molecule has 0 bridgehead atoms. The number of nitrogens with two attached hydrogens (primary N) is 1. The lowest BCUT2D eigenvalue weighted by atomic mass is 10.1. The van der Waals surface area contributed by atoms with Crippen LogP contribution in [0.2, 0.25) is 0 Å². The van der Waals surface area contributed by atoms with Gasteiger partial charge in [0.1, 0.15) is 6.04 Å². The van der Waals surface area contributed by atoms with Crippen molar-refractivity contribution in [2.45, 2.75) is 45.2 Å². The Bertz CT molecular complexity index is 277. The number of hydrogen-bond donors (Lipinski definition) is 2. The Balaban J connectivity index is 2.48. The van der Waals surface area contributed by atoms with Crippen molar-refractivity contribution in [3.05, 3.63) is 0 Å². The highest BCUT2D eigenvalue weighted by Gasteiger charge is 2.28. The van der Waals surface area contributed by atoms with Crippen LogP contribution in [0.15, 0.2) is 0 Å². The van der Waals surface area contributed by atoms with Crippen molar-refractivity contribution in [3.8, 4) is 0 Å². The summed E-state index contributed by atoms with van der Waals surface area (Å²) in [5, 5.41) is 2.64. The largest absolute Gasteiger partial charge is 0.343 e. The van der Waals surface area contributed by atoms with Gasteiger partial charge in [-0.15, -0.1) is 0 Å². The van der Waals surface area contributed by atoms with E-state index in [1.807, 2.05) is 0 Å². The van der Waals surface area contributed by atoms with Gasteiger partial charge in [-0.25, -0.2) is 0 Å². The van der Waals surface area contributed by atoms with E-state index >= 15 is 0 Å². The lowest BCUT2D eigenvalue weighted by Crippen LogP contribution is -2.55. The van der Waals surface area contributed by atoms with Crippen LogP contribution >= 0.6 is 0 Å². The minimum Gasteiger partial charge on any atom is -0.343 e. The third kappa shape index (κ3) is 3.20. The van der Waals surface area contributed by atoms with E-state index in [-0.39, 0.29) is 11.8 Å². The SMILES string of the molecule is CC(NC(=O)C(C)(C)N)C(=O)N1CCCC1. The summed E-state index contributed by atoms with van der Waals surface area (Å²) in [6.07, 6.45) is 2.10. The minimum absolute atomic E-state index is 0.0184. The lowest BCUT2D eigenvalue weighted by molar-refractivity contribution is -0.136. The fourth-order valence-corrected chi connectivity index (χ4v) is 1.66. The molecule has 1 aliphatic heterocycles. The Morgan fingerprint density at radius 3 is 2.25 bits per heavy atom. The van der Waals surface area contributed by atoms with Gasteiger partial charge in [0.05, 0.1) is 5.54 Å². The molecule has 2 amide bonds. The molecule has 3 N–H and O–H groups in total. The zero-order chi connectivity index (χ0) is 12.3. The second kappa shape index (κ2) is 4.82. The van der Waals surface area contributed by atoms with Crippen molar-refractivity contribution in [2.24, 2.45) is 5.73 Å². The molecule has 1 saturated heterocycles. The molecule has 0 aromatic heterocycles. The Kier molecular flexibility index (Phi) is 3.91. The number of hydrogen-bond acceptors (Lipinski definition) is 3. The molecule has 92 valence electrons. The van der Waals surface area contributed by atoms with E-state index in [4.69, 9.17) is 5.73 Å². The molecular formula is C11H21N3O2. The average Bonchev–Trinajstić information content (AvgIpc) is 2.67. The molecule has 1 atom stereocenters. The Morgan fingerprint density at radius 2 is 1.81 bits per heavy atom. The first kappa shape index (κ1) is 13.0.